The maximum Gasteiger partial charge on any atom is 0.236 e. The number of carbonyl (C=O) groups excluding carboxylic acids is 1. The van der Waals surface area contributed by atoms with Crippen molar-refractivity contribution in [2.75, 3.05) is 26.7 Å². The van der Waals surface area contributed by atoms with Crippen LogP contribution in [0, 0.1) is 0 Å². The lowest BCUT2D eigenvalue weighted by Gasteiger charge is -2.18. The Labute approximate surface area is 127 Å². The van der Waals surface area contributed by atoms with Gasteiger partial charge in [-0.15, -0.1) is 0 Å². The van der Waals surface area contributed by atoms with Gasteiger partial charge in [0.05, 0.1) is 12.6 Å². The van der Waals surface area contributed by atoms with Crippen LogP contribution in [0.4, 0.5) is 0 Å². The van der Waals surface area contributed by atoms with Crippen LogP contribution in [0.2, 0.25) is 0 Å². The van der Waals surface area contributed by atoms with Gasteiger partial charge < -0.3 is 15.0 Å². The quantitative estimate of drug-likeness (QED) is 0.835. The fourth-order valence-corrected chi connectivity index (χ4v) is 2.52. The van der Waals surface area contributed by atoms with Gasteiger partial charge in [-0.1, -0.05) is 31.2 Å². The summed E-state index contributed by atoms with van der Waals surface area (Å²) in [5.74, 6) is 0.118. The first kappa shape index (κ1) is 16.0. The highest BCUT2D eigenvalue weighted by Crippen LogP contribution is 2.10. The summed E-state index contributed by atoms with van der Waals surface area (Å²) in [6, 6.07) is 8.46. The smallest absolute Gasteiger partial charge is 0.236 e. The monoisotopic (exact) mass is 290 g/mol. The summed E-state index contributed by atoms with van der Waals surface area (Å²) >= 11 is 0. The fourth-order valence-electron chi connectivity index (χ4n) is 2.52. The van der Waals surface area contributed by atoms with Crippen LogP contribution < -0.4 is 5.32 Å². The fraction of sp³-hybridized carbons (Fsp3) is 0.588. The highest BCUT2D eigenvalue weighted by molar-refractivity contribution is 5.77. The van der Waals surface area contributed by atoms with E-state index in [9.17, 15) is 4.79 Å². The second-order valence-electron chi connectivity index (χ2n) is 5.69. The summed E-state index contributed by atoms with van der Waals surface area (Å²) in [6.07, 6.45) is 3.56. The van der Waals surface area contributed by atoms with Crippen LogP contribution in [0.5, 0.6) is 0 Å². The molecule has 4 nitrogen and oxygen atoms in total. The van der Waals surface area contributed by atoms with E-state index in [1.165, 1.54) is 11.1 Å². The van der Waals surface area contributed by atoms with E-state index in [2.05, 4.69) is 36.5 Å². The second-order valence-corrected chi connectivity index (χ2v) is 5.69. The summed E-state index contributed by atoms with van der Waals surface area (Å²) in [6.45, 7) is 4.80. The first-order valence-electron chi connectivity index (χ1n) is 7.83. The van der Waals surface area contributed by atoms with Crippen LogP contribution in [0.15, 0.2) is 24.3 Å². The largest absolute Gasteiger partial charge is 0.377 e. The highest BCUT2D eigenvalue weighted by Gasteiger charge is 2.16. The van der Waals surface area contributed by atoms with Crippen molar-refractivity contribution < 1.29 is 9.53 Å². The molecule has 1 atom stereocenters. The van der Waals surface area contributed by atoms with Gasteiger partial charge in [0.15, 0.2) is 0 Å². The van der Waals surface area contributed by atoms with Crippen molar-refractivity contribution >= 4 is 5.91 Å². The number of amides is 1. The Morgan fingerprint density at radius 3 is 2.67 bits per heavy atom. The number of benzene rings is 1. The molecule has 1 amide bonds. The SMILES string of the molecule is CCc1ccc(CN(C)C(=O)CNCC2CCCO2)cc1. The molecule has 1 aromatic carbocycles. The lowest BCUT2D eigenvalue weighted by Crippen LogP contribution is -2.38. The lowest BCUT2D eigenvalue weighted by molar-refractivity contribution is -0.129. The van der Waals surface area contributed by atoms with Crippen LogP contribution in [-0.4, -0.2) is 43.7 Å². The van der Waals surface area contributed by atoms with Crippen molar-refractivity contribution in [1.82, 2.24) is 10.2 Å². The number of rotatable bonds is 7. The Morgan fingerprint density at radius 1 is 1.33 bits per heavy atom. The van der Waals surface area contributed by atoms with Crippen molar-refractivity contribution in [2.45, 2.75) is 38.8 Å². The molecule has 0 spiro atoms. The summed E-state index contributed by atoms with van der Waals surface area (Å²) < 4.78 is 5.53. The van der Waals surface area contributed by atoms with Crippen LogP contribution in [-0.2, 0) is 22.5 Å². The summed E-state index contributed by atoms with van der Waals surface area (Å²) in [5.41, 5.74) is 2.49. The van der Waals surface area contributed by atoms with Crippen molar-refractivity contribution in [3.63, 3.8) is 0 Å². The average molecular weight is 290 g/mol. The Bertz CT molecular complexity index is 439. The van der Waals surface area contributed by atoms with Crippen molar-refractivity contribution in [3.8, 4) is 0 Å². The minimum absolute atomic E-state index is 0.118. The molecule has 4 heteroatoms. The van der Waals surface area contributed by atoms with E-state index in [0.717, 1.165) is 32.4 Å². The molecule has 2 rings (SSSR count). The Balaban J connectivity index is 1.70. The number of hydrogen-bond donors (Lipinski definition) is 1. The third-order valence-corrected chi connectivity index (χ3v) is 3.95. The zero-order valence-electron chi connectivity index (χ0n) is 13.1. The van der Waals surface area contributed by atoms with Gasteiger partial charge in [0.2, 0.25) is 5.91 Å². The van der Waals surface area contributed by atoms with Crippen LogP contribution in [0.3, 0.4) is 0 Å². The van der Waals surface area contributed by atoms with Crippen LogP contribution in [0.1, 0.15) is 30.9 Å². The molecular weight excluding hydrogens is 264 g/mol. The van der Waals surface area contributed by atoms with Gasteiger partial charge in [-0.25, -0.2) is 0 Å². The van der Waals surface area contributed by atoms with Crippen LogP contribution >= 0.6 is 0 Å². The number of hydrogen-bond acceptors (Lipinski definition) is 3. The average Bonchev–Trinajstić information content (AvgIpc) is 3.01. The maximum absolute atomic E-state index is 12.1. The molecule has 0 bridgehead atoms. The zero-order chi connectivity index (χ0) is 15.1. The highest BCUT2D eigenvalue weighted by atomic mass is 16.5. The van der Waals surface area contributed by atoms with Gasteiger partial charge in [0, 0.05) is 26.7 Å². The number of nitrogens with one attached hydrogen (secondary N) is 1. The Morgan fingerprint density at radius 2 is 2.05 bits per heavy atom. The van der Waals surface area contributed by atoms with Gasteiger partial charge in [-0.2, -0.15) is 0 Å². The normalized spacial score (nSPS) is 17.9. The molecule has 0 aromatic heterocycles. The molecule has 1 saturated heterocycles. The van der Waals surface area contributed by atoms with Gasteiger partial charge in [-0.3, -0.25) is 4.79 Å². The molecule has 0 radical (unpaired) electrons. The molecular formula is C17H26N2O2. The topological polar surface area (TPSA) is 41.6 Å². The standard InChI is InChI=1S/C17H26N2O2/c1-3-14-6-8-15(9-7-14)13-19(2)17(20)12-18-11-16-5-4-10-21-16/h6-9,16,18H,3-5,10-13H2,1-2H3. The van der Waals surface area contributed by atoms with Gasteiger partial charge in [0.1, 0.15) is 0 Å². The molecule has 1 heterocycles. The van der Waals surface area contributed by atoms with Gasteiger partial charge in [0.25, 0.3) is 0 Å². The third kappa shape index (κ3) is 5.14. The number of carbonyl (C=O) groups is 1. The van der Waals surface area contributed by atoms with E-state index >= 15 is 0 Å². The molecule has 0 aliphatic carbocycles. The van der Waals surface area contributed by atoms with E-state index in [4.69, 9.17) is 4.74 Å². The molecule has 21 heavy (non-hydrogen) atoms. The molecule has 1 aliphatic rings. The van der Waals surface area contributed by atoms with E-state index < -0.39 is 0 Å². The Hall–Kier alpha value is -1.39. The first-order valence-corrected chi connectivity index (χ1v) is 7.83. The lowest BCUT2D eigenvalue weighted by atomic mass is 10.1. The Kier molecular flexibility index (Phi) is 6.21. The molecule has 1 aliphatic heterocycles. The maximum atomic E-state index is 12.1. The predicted molar refractivity (Wildman–Crippen MR) is 84.1 cm³/mol. The van der Waals surface area contributed by atoms with E-state index in [0.29, 0.717) is 13.1 Å². The molecule has 0 saturated carbocycles. The summed E-state index contributed by atoms with van der Waals surface area (Å²) in [7, 11) is 1.85. The first-order chi connectivity index (χ1) is 10.2. The number of likely N-dealkylation sites (N-methyl/N-ethyl adjacent to an activating group) is 1. The number of nitrogens with zero attached hydrogens (tertiary/aromatic N) is 1. The molecule has 1 N–H and O–H groups in total. The molecule has 1 unspecified atom stereocenters. The van der Waals surface area contributed by atoms with Gasteiger partial charge in [-0.05, 0) is 30.4 Å². The molecule has 116 valence electrons. The molecule has 1 fully saturated rings. The minimum atomic E-state index is 0.118. The van der Waals surface area contributed by atoms with Crippen molar-refractivity contribution in [1.29, 1.82) is 0 Å². The number of ether oxygens (including phenoxy) is 1. The van der Waals surface area contributed by atoms with E-state index in [1.807, 2.05) is 7.05 Å². The van der Waals surface area contributed by atoms with Crippen molar-refractivity contribution in [2.24, 2.45) is 0 Å². The summed E-state index contributed by atoms with van der Waals surface area (Å²) in [5, 5.41) is 3.20. The van der Waals surface area contributed by atoms with Crippen molar-refractivity contribution in [3.05, 3.63) is 35.4 Å². The predicted octanol–water partition coefficient (Wildman–Crippen LogP) is 1.98. The number of aryl methyl sites for hydroxylation is 1. The van der Waals surface area contributed by atoms with Crippen LogP contribution in [0.25, 0.3) is 0 Å². The van der Waals surface area contributed by atoms with Gasteiger partial charge >= 0.3 is 0 Å². The minimum Gasteiger partial charge on any atom is -0.377 e. The van der Waals surface area contributed by atoms with E-state index in [-0.39, 0.29) is 12.0 Å². The third-order valence-electron chi connectivity index (χ3n) is 3.95. The molecule has 1 aromatic rings. The summed E-state index contributed by atoms with van der Waals surface area (Å²) in [4.78, 5) is 13.8. The zero-order valence-corrected chi connectivity index (χ0v) is 13.1. The van der Waals surface area contributed by atoms with E-state index in [1.54, 1.807) is 4.90 Å². The second kappa shape index (κ2) is 8.15.